The lowest BCUT2D eigenvalue weighted by Crippen LogP contribution is -2.21. The fourth-order valence-electron chi connectivity index (χ4n) is 2.20. The third kappa shape index (κ3) is 7.05. The van der Waals surface area contributed by atoms with E-state index in [0.29, 0.717) is 31.7 Å². The van der Waals surface area contributed by atoms with Gasteiger partial charge in [-0.3, -0.25) is 9.59 Å². The number of hydrogen-bond acceptors (Lipinski definition) is 4. The number of rotatable bonds is 9. The van der Waals surface area contributed by atoms with E-state index in [1.807, 2.05) is 42.5 Å². The Hall–Kier alpha value is -3.33. The number of nitriles is 1. The molecule has 2 aromatic carbocycles. The molecule has 26 heavy (non-hydrogen) atoms. The predicted molar refractivity (Wildman–Crippen MR) is 98.3 cm³/mol. The number of carbonyl (C=O) groups is 2. The number of nitrogens with zero attached hydrogens (tertiary/aromatic N) is 1. The Labute approximate surface area is 152 Å². The van der Waals surface area contributed by atoms with Gasteiger partial charge in [-0.05, 0) is 36.2 Å². The summed E-state index contributed by atoms with van der Waals surface area (Å²) in [5.74, 6) is 0.421. The van der Waals surface area contributed by atoms with Gasteiger partial charge in [-0.25, -0.2) is 0 Å². The molecule has 6 nitrogen and oxygen atoms in total. The molecule has 0 bridgehead atoms. The van der Waals surface area contributed by atoms with Crippen molar-refractivity contribution in [1.29, 1.82) is 5.26 Å². The first-order valence-electron chi connectivity index (χ1n) is 8.37. The molecule has 0 aliphatic rings. The van der Waals surface area contributed by atoms with Crippen molar-refractivity contribution in [3.05, 3.63) is 60.2 Å². The van der Waals surface area contributed by atoms with Crippen molar-refractivity contribution in [2.24, 2.45) is 0 Å². The van der Waals surface area contributed by atoms with Crippen LogP contribution >= 0.6 is 0 Å². The third-order valence-corrected chi connectivity index (χ3v) is 3.53. The van der Waals surface area contributed by atoms with Crippen LogP contribution in [0.2, 0.25) is 0 Å². The Kier molecular flexibility index (Phi) is 7.69. The molecule has 0 aliphatic heterocycles. The van der Waals surface area contributed by atoms with Crippen LogP contribution in [0, 0.1) is 11.3 Å². The van der Waals surface area contributed by atoms with E-state index < -0.39 is 0 Å². The van der Waals surface area contributed by atoms with Gasteiger partial charge in [0.25, 0.3) is 0 Å². The van der Waals surface area contributed by atoms with E-state index in [9.17, 15) is 9.59 Å². The minimum atomic E-state index is -0.303. The second-order valence-corrected chi connectivity index (χ2v) is 5.62. The first-order valence-corrected chi connectivity index (χ1v) is 8.37. The van der Waals surface area contributed by atoms with E-state index in [-0.39, 0.29) is 18.2 Å². The third-order valence-electron chi connectivity index (χ3n) is 3.53. The quantitative estimate of drug-likeness (QED) is 0.679. The molecule has 2 rings (SSSR count). The number of amides is 2. The van der Waals surface area contributed by atoms with Gasteiger partial charge in [-0.2, -0.15) is 5.26 Å². The smallest absolute Gasteiger partial charge is 0.234 e. The maximum absolute atomic E-state index is 11.9. The summed E-state index contributed by atoms with van der Waals surface area (Å²) in [6.07, 6.45) is 0.852. The van der Waals surface area contributed by atoms with Gasteiger partial charge in [0.2, 0.25) is 11.8 Å². The minimum absolute atomic E-state index is 0.0725. The number of nitrogens with one attached hydrogen (secondary N) is 2. The zero-order chi connectivity index (χ0) is 18.6. The molecule has 0 saturated carbocycles. The zero-order valence-electron chi connectivity index (χ0n) is 14.4. The molecular weight excluding hydrogens is 330 g/mol. The van der Waals surface area contributed by atoms with Gasteiger partial charge in [0, 0.05) is 18.7 Å². The molecule has 0 fully saturated rings. The molecule has 2 aromatic rings. The highest BCUT2D eigenvalue weighted by molar-refractivity contribution is 5.90. The fourth-order valence-corrected chi connectivity index (χ4v) is 2.20. The van der Waals surface area contributed by atoms with Crippen LogP contribution in [0.4, 0.5) is 5.69 Å². The molecule has 134 valence electrons. The van der Waals surface area contributed by atoms with E-state index in [0.717, 1.165) is 11.3 Å². The average Bonchev–Trinajstić information content (AvgIpc) is 2.66. The lowest BCUT2D eigenvalue weighted by Gasteiger charge is -2.08. The van der Waals surface area contributed by atoms with Crippen molar-refractivity contribution in [2.45, 2.75) is 25.8 Å². The Bertz CT molecular complexity index is 752. The van der Waals surface area contributed by atoms with Crippen LogP contribution < -0.4 is 15.4 Å². The zero-order valence-corrected chi connectivity index (χ0v) is 14.4. The topological polar surface area (TPSA) is 91.2 Å². The number of benzene rings is 2. The molecule has 0 aliphatic carbocycles. The van der Waals surface area contributed by atoms with Crippen LogP contribution in [0.3, 0.4) is 0 Å². The van der Waals surface area contributed by atoms with Gasteiger partial charge in [-0.15, -0.1) is 0 Å². The number of anilines is 1. The van der Waals surface area contributed by atoms with Gasteiger partial charge < -0.3 is 15.4 Å². The highest BCUT2D eigenvalue weighted by Crippen LogP contribution is 2.11. The first-order chi connectivity index (χ1) is 12.7. The summed E-state index contributed by atoms with van der Waals surface area (Å²) < 4.78 is 5.55. The second-order valence-electron chi connectivity index (χ2n) is 5.62. The van der Waals surface area contributed by atoms with Crippen LogP contribution in [-0.2, 0) is 16.1 Å². The van der Waals surface area contributed by atoms with E-state index in [1.165, 1.54) is 0 Å². The molecule has 0 spiro atoms. The first kappa shape index (κ1) is 19.0. The highest BCUT2D eigenvalue weighted by atomic mass is 16.5. The summed E-state index contributed by atoms with van der Waals surface area (Å²) in [4.78, 5) is 23.2. The molecule has 0 unspecified atom stereocenters. The van der Waals surface area contributed by atoms with Crippen molar-refractivity contribution < 1.29 is 14.3 Å². The molecule has 0 heterocycles. The number of ether oxygens (including phenoxy) is 1. The molecule has 2 amide bonds. The molecule has 0 atom stereocenters. The number of para-hydroxylation sites is 1. The highest BCUT2D eigenvalue weighted by Gasteiger charge is 2.04. The summed E-state index contributed by atoms with van der Waals surface area (Å²) in [7, 11) is 0. The Morgan fingerprint density at radius 3 is 2.42 bits per heavy atom. The standard InChI is InChI=1S/C20H21N3O3/c21-13-12-19(24)22-15-16-8-10-17(11-9-16)23-20(25)7-4-14-26-18-5-2-1-3-6-18/h1-3,5-6,8-11H,4,7,12,14-15H2,(H,22,24)(H,23,25). The average molecular weight is 351 g/mol. The molecular formula is C20H21N3O3. The Morgan fingerprint density at radius 1 is 1.00 bits per heavy atom. The summed E-state index contributed by atoms with van der Waals surface area (Å²) in [6, 6.07) is 18.5. The lowest BCUT2D eigenvalue weighted by molar-refractivity contribution is -0.120. The van der Waals surface area contributed by atoms with Gasteiger partial charge >= 0.3 is 0 Å². The number of carbonyl (C=O) groups excluding carboxylic acids is 2. The van der Waals surface area contributed by atoms with Gasteiger partial charge in [0.15, 0.2) is 0 Å². The van der Waals surface area contributed by atoms with Crippen molar-refractivity contribution in [3.63, 3.8) is 0 Å². The van der Waals surface area contributed by atoms with Gasteiger partial charge in [0.05, 0.1) is 12.7 Å². The lowest BCUT2D eigenvalue weighted by atomic mass is 10.2. The largest absolute Gasteiger partial charge is 0.494 e. The van der Waals surface area contributed by atoms with Crippen molar-refractivity contribution in [2.75, 3.05) is 11.9 Å². The maximum atomic E-state index is 11.9. The SMILES string of the molecule is N#CCC(=O)NCc1ccc(NC(=O)CCCOc2ccccc2)cc1. The fraction of sp³-hybridized carbons (Fsp3) is 0.250. The number of hydrogen-bond donors (Lipinski definition) is 2. The molecule has 2 N–H and O–H groups in total. The van der Waals surface area contributed by atoms with E-state index in [1.54, 1.807) is 18.2 Å². The molecule has 0 aromatic heterocycles. The van der Waals surface area contributed by atoms with E-state index in [2.05, 4.69) is 10.6 Å². The van der Waals surface area contributed by atoms with E-state index in [4.69, 9.17) is 10.00 Å². The van der Waals surface area contributed by atoms with Crippen LogP contribution in [0.1, 0.15) is 24.8 Å². The monoisotopic (exact) mass is 351 g/mol. The minimum Gasteiger partial charge on any atom is -0.494 e. The summed E-state index contributed by atoms with van der Waals surface area (Å²) in [5, 5.41) is 13.9. The van der Waals surface area contributed by atoms with Gasteiger partial charge in [-0.1, -0.05) is 30.3 Å². The van der Waals surface area contributed by atoms with Crippen LogP contribution in [0.5, 0.6) is 5.75 Å². The maximum Gasteiger partial charge on any atom is 0.234 e. The summed E-state index contributed by atoms with van der Waals surface area (Å²) in [5.41, 5.74) is 1.59. The Balaban J connectivity index is 1.67. The van der Waals surface area contributed by atoms with Crippen molar-refractivity contribution in [1.82, 2.24) is 5.32 Å². The van der Waals surface area contributed by atoms with Crippen LogP contribution in [-0.4, -0.2) is 18.4 Å². The van der Waals surface area contributed by atoms with Gasteiger partial charge in [0.1, 0.15) is 12.2 Å². The van der Waals surface area contributed by atoms with Crippen molar-refractivity contribution in [3.8, 4) is 11.8 Å². The normalized spacial score (nSPS) is 9.81. The van der Waals surface area contributed by atoms with Crippen LogP contribution in [0.15, 0.2) is 54.6 Å². The summed E-state index contributed by atoms with van der Waals surface area (Å²) in [6.45, 7) is 0.838. The molecule has 6 heteroatoms. The second kappa shape index (κ2) is 10.5. The molecule has 0 radical (unpaired) electrons. The van der Waals surface area contributed by atoms with Crippen LogP contribution in [0.25, 0.3) is 0 Å². The molecule has 0 saturated heterocycles. The summed E-state index contributed by atoms with van der Waals surface area (Å²) >= 11 is 0. The van der Waals surface area contributed by atoms with Crippen molar-refractivity contribution >= 4 is 17.5 Å². The van der Waals surface area contributed by atoms with E-state index >= 15 is 0 Å². The predicted octanol–water partition coefficient (Wildman–Crippen LogP) is 3.01. The Morgan fingerprint density at radius 2 is 1.73 bits per heavy atom.